The topological polar surface area (TPSA) is 72.8 Å². The molecular weight excluding hydrogens is 272 g/mol. The molecule has 0 saturated carbocycles. The third-order valence-corrected chi connectivity index (χ3v) is 2.88. The van der Waals surface area contributed by atoms with E-state index in [4.69, 9.17) is 9.47 Å². The Balaban J connectivity index is 4.61. The summed E-state index contributed by atoms with van der Waals surface area (Å²) >= 11 is 0. The van der Waals surface area contributed by atoms with Crippen LogP contribution >= 0.6 is 0 Å². The van der Waals surface area contributed by atoms with Crippen LogP contribution in [0, 0.1) is 5.92 Å². The Hall–Kier alpha value is -1.62. The standard InChI is InChI=1S/C16H26O5/c1-5-8-9-14(16(19)20-7-3)15(18)11-10-13(6-2)21-12(4)17/h6,8-9,13-15,18H,2,5,7,10-11H2,1,3-4H3/b9-8+/t13?,14-,15+/m1/s1. The van der Waals surface area contributed by atoms with Gasteiger partial charge in [-0.2, -0.15) is 0 Å². The van der Waals surface area contributed by atoms with Crippen molar-refractivity contribution in [2.24, 2.45) is 5.92 Å². The van der Waals surface area contributed by atoms with Gasteiger partial charge in [-0.25, -0.2) is 0 Å². The summed E-state index contributed by atoms with van der Waals surface area (Å²) in [5.41, 5.74) is 0. The molecule has 0 aromatic rings. The third kappa shape index (κ3) is 8.30. The molecule has 0 aliphatic carbocycles. The second kappa shape index (κ2) is 11.1. The number of aliphatic hydroxyl groups is 1. The summed E-state index contributed by atoms with van der Waals surface area (Å²) in [7, 11) is 0. The Labute approximate surface area is 126 Å². The molecule has 0 rings (SSSR count). The fourth-order valence-electron chi connectivity index (χ4n) is 1.84. The average molecular weight is 298 g/mol. The maximum atomic E-state index is 11.8. The zero-order valence-corrected chi connectivity index (χ0v) is 13.1. The van der Waals surface area contributed by atoms with Crippen LogP contribution in [0.3, 0.4) is 0 Å². The van der Waals surface area contributed by atoms with Gasteiger partial charge in [-0.1, -0.05) is 31.7 Å². The monoisotopic (exact) mass is 298 g/mol. The van der Waals surface area contributed by atoms with E-state index in [1.54, 1.807) is 13.0 Å². The molecule has 1 N–H and O–H groups in total. The average Bonchev–Trinajstić information content (AvgIpc) is 2.43. The van der Waals surface area contributed by atoms with Crippen LogP contribution in [0.25, 0.3) is 0 Å². The van der Waals surface area contributed by atoms with Crippen molar-refractivity contribution in [3.8, 4) is 0 Å². The molecule has 0 fully saturated rings. The maximum absolute atomic E-state index is 11.8. The molecule has 0 radical (unpaired) electrons. The Bertz CT molecular complexity index is 362. The number of carbonyl (C=O) groups is 2. The molecule has 0 amide bonds. The summed E-state index contributed by atoms with van der Waals surface area (Å²) in [5.74, 6) is -1.55. The van der Waals surface area contributed by atoms with Gasteiger partial charge in [0.1, 0.15) is 12.0 Å². The van der Waals surface area contributed by atoms with Gasteiger partial charge in [0.25, 0.3) is 0 Å². The zero-order valence-electron chi connectivity index (χ0n) is 13.1. The van der Waals surface area contributed by atoms with Gasteiger partial charge >= 0.3 is 11.9 Å². The van der Waals surface area contributed by atoms with E-state index in [1.807, 2.05) is 13.0 Å². The first-order chi connectivity index (χ1) is 9.96. The lowest BCUT2D eigenvalue weighted by atomic mass is 9.96. The lowest BCUT2D eigenvalue weighted by Crippen LogP contribution is -2.29. The highest BCUT2D eigenvalue weighted by Gasteiger charge is 2.26. The van der Waals surface area contributed by atoms with Crippen molar-refractivity contribution in [2.75, 3.05) is 6.61 Å². The predicted molar refractivity (Wildman–Crippen MR) is 80.5 cm³/mol. The Morgan fingerprint density at radius 2 is 1.95 bits per heavy atom. The molecule has 0 saturated heterocycles. The van der Waals surface area contributed by atoms with Crippen molar-refractivity contribution in [1.82, 2.24) is 0 Å². The van der Waals surface area contributed by atoms with E-state index in [-0.39, 0.29) is 6.61 Å². The van der Waals surface area contributed by atoms with Crippen LogP contribution in [0.4, 0.5) is 0 Å². The second-order valence-corrected chi connectivity index (χ2v) is 4.64. The minimum absolute atomic E-state index is 0.269. The molecule has 0 bridgehead atoms. The number of hydrogen-bond donors (Lipinski definition) is 1. The number of ether oxygens (including phenoxy) is 2. The summed E-state index contributed by atoms with van der Waals surface area (Å²) in [6, 6.07) is 0. The molecule has 3 atom stereocenters. The van der Waals surface area contributed by atoms with Gasteiger partial charge in [-0.05, 0) is 26.2 Å². The molecule has 0 aliphatic heterocycles. The van der Waals surface area contributed by atoms with Crippen LogP contribution < -0.4 is 0 Å². The SMILES string of the molecule is C=CC(CC[C@H](O)[C@@H](/C=C/CC)C(=O)OCC)OC(C)=O. The normalized spacial score (nSPS) is 15.2. The van der Waals surface area contributed by atoms with E-state index >= 15 is 0 Å². The van der Waals surface area contributed by atoms with Gasteiger partial charge in [0, 0.05) is 6.92 Å². The number of allylic oxidation sites excluding steroid dienone is 1. The van der Waals surface area contributed by atoms with Gasteiger partial charge in [-0.15, -0.1) is 0 Å². The van der Waals surface area contributed by atoms with E-state index in [2.05, 4.69) is 6.58 Å². The largest absolute Gasteiger partial charge is 0.465 e. The van der Waals surface area contributed by atoms with Crippen LogP contribution in [0.15, 0.2) is 24.8 Å². The first-order valence-electron chi connectivity index (χ1n) is 7.27. The van der Waals surface area contributed by atoms with E-state index in [1.165, 1.54) is 13.0 Å². The van der Waals surface area contributed by atoms with Crippen LogP contribution in [0.5, 0.6) is 0 Å². The predicted octanol–water partition coefficient (Wildman–Crippen LogP) is 2.39. The number of rotatable bonds is 10. The van der Waals surface area contributed by atoms with Crippen LogP contribution in [-0.4, -0.2) is 35.9 Å². The first kappa shape index (κ1) is 19.4. The van der Waals surface area contributed by atoms with Gasteiger partial charge < -0.3 is 14.6 Å². The molecule has 1 unspecified atom stereocenters. The number of hydrogen-bond acceptors (Lipinski definition) is 5. The van der Waals surface area contributed by atoms with Gasteiger partial charge in [0.2, 0.25) is 0 Å². The molecule has 120 valence electrons. The lowest BCUT2D eigenvalue weighted by molar-refractivity contribution is -0.151. The second-order valence-electron chi connectivity index (χ2n) is 4.64. The fraction of sp³-hybridized carbons (Fsp3) is 0.625. The Morgan fingerprint density at radius 1 is 1.29 bits per heavy atom. The maximum Gasteiger partial charge on any atom is 0.315 e. The summed E-state index contributed by atoms with van der Waals surface area (Å²) in [5, 5.41) is 10.2. The molecule has 5 heteroatoms. The molecule has 0 spiro atoms. The van der Waals surface area contributed by atoms with Crippen molar-refractivity contribution < 1.29 is 24.2 Å². The van der Waals surface area contributed by atoms with Crippen LogP contribution in [0.1, 0.15) is 40.0 Å². The van der Waals surface area contributed by atoms with Crippen molar-refractivity contribution in [3.63, 3.8) is 0 Å². The minimum Gasteiger partial charge on any atom is -0.465 e. The smallest absolute Gasteiger partial charge is 0.315 e. The summed E-state index contributed by atoms with van der Waals surface area (Å²) in [4.78, 5) is 22.8. The highest BCUT2D eigenvalue weighted by atomic mass is 16.5. The Morgan fingerprint density at radius 3 is 2.43 bits per heavy atom. The number of esters is 2. The third-order valence-electron chi connectivity index (χ3n) is 2.88. The highest BCUT2D eigenvalue weighted by Crippen LogP contribution is 2.17. The minimum atomic E-state index is -0.884. The van der Waals surface area contributed by atoms with Crippen molar-refractivity contribution in [3.05, 3.63) is 24.8 Å². The number of aliphatic hydroxyl groups excluding tert-OH is 1. The Kier molecular flexibility index (Phi) is 10.2. The molecular formula is C16H26O5. The van der Waals surface area contributed by atoms with Crippen molar-refractivity contribution in [2.45, 2.75) is 52.2 Å². The highest BCUT2D eigenvalue weighted by molar-refractivity contribution is 5.75. The van der Waals surface area contributed by atoms with Gasteiger partial charge in [-0.3, -0.25) is 9.59 Å². The van der Waals surface area contributed by atoms with E-state index < -0.39 is 30.1 Å². The summed E-state index contributed by atoms with van der Waals surface area (Å²) in [6.45, 7) is 8.84. The number of carbonyl (C=O) groups excluding carboxylic acids is 2. The zero-order chi connectivity index (χ0) is 16.3. The van der Waals surface area contributed by atoms with Crippen LogP contribution in [0.2, 0.25) is 0 Å². The molecule has 5 nitrogen and oxygen atoms in total. The van der Waals surface area contributed by atoms with Gasteiger partial charge in [0.05, 0.1) is 12.7 Å². The first-order valence-corrected chi connectivity index (χ1v) is 7.27. The van der Waals surface area contributed by atoms with Gasteiger partial charge in [0.15, 0.2) is 0 Å². The molecule has 0 aromatic carbocycles. The van der Waals surface area contributed by atoms with Crippen molar-refractivity contribution >= 4 is 11.9 Å². The van der Waals surface area contributed by atoms with E-state index in [0.717, 1.165) is 6.42 Å². The quantitative estimate of drug-likeness (QED) is 0.495. The van der Waals surface area contributed by atoms with Crippen LogP contribution in [-0.2, 0) is 19.1 Å². The lowest BCUT2D eigenvalue weighted by Gasteiger charge is -2.20. The fourth-order valence-corrected chi connectivity index (χ4v) is 1.84. The summed E-state index contributed by atoms with van der Waals surface area (Å²) < 4.78 is 9.98. The molecule has 21 heavy (non-hydrogen) atoms. The summed E-state index contributed by atoms with van der Waals surface area (Å²) in [6.07, 6.45) is 5.13. The molecule has 0 aliphatic rings. The molecule has 0 aromatic heterocycles. The van der Waals surface area contributed by atoms with E-state index in [0.29, 0.717) is 12.8 Å². The van der Waals surface area contributed by atoms with Crippen molar-refractivity contribution in [1.29, 1.82) is 0 Å². The van der Waals surface area contributed by atoms with E-state index in [9.17, 15) is 14.7 Å². The molecule has 0 heterocycles.